The van der Waals surface area contributed by atoms with E-state index < -0.39 is 0 Å². The number of thiocarbonyl (C=S) groups is 1. The SMILES string of the molecule is COc1ccc(-c2nc3cc(NC(=S)NC(=O)/C=C/c4ccco4)ccc3o2)cc1. The third-order valence-corrected chi connectivity index (χ3v) is 4.37. The maximum absolute atomic E-state index is 12.0. The monoisotopic (exact) mass is 419 g/mol. The van der Waals surface area contributed by atoms with Crippen molar-refractivity contribution in [3.8, 4) is 17.2 Å². The molecule has 4 aromatic rings. The molecule has 8 heteroatoms. The minimum Gasteiger partial charge on any atom is -0.497 e. The molecule has 2 aromatic heterocycles. The standard InChI is InChI=1S/C22H17N3O4S/c1-27-16-7-4-14(5-8-16)21-24-18-13-15(6-10-19(18)29-21)23-22(30)25-20(26)11-9-17-3-2-12-28-17/h2-13H,1H3,(H2,23,25,26,30)/b11-9+. The third kappa shape index (κ3) is 4.56. The van der Waals surface area contributed by atoms with Crippen LogP contribution >= 0.6 is 12.2 Å². The van der Waals surface area contributed by atoms with Gasteiger partial charge in [0.2, 0.25) is 11.8 Å². The molecule has 0 aliphatic carbocycles. The van der Waals surface area contributed by atoms with Crippen molar-refractivity contribution in [3.63, 3.8) is 0 Å². The predicted octanol–water partition coefficient (Wildman–Crippen LogP) is 4.62. The van der Waals surface area contributed by atoms with Gasteiger partial charge >= 0.3 is 0 Å². The Balaban J connectivity index is 1.42. The maximum atomic E-state index is 12.0. The predicted molar refractivity (Wildman–Crippen MR) is 118 cm³/mol. The molecule has 2 aromatic carbocycles. The fraction of sp³-hybridized carbons (Fsp3) is 0.0455. The average Bonchev–Trinajstić information content (AvgIpc) is 3.41. The fourth-order valence-corrected chi connectivity index (χ4v) is 2.94. The van der Waals surface area contributed by atoms with Crippen LogP contribution in [-0.4, -0.2) is 23.1 Å². The number of rotatable bonds is 5. The van der Waals surface area contributed by atoms with Gasteiger partial charge in [0.1, 0.15) is 17.0 Å². The van der Waals surface area contributed by atoms with Gasteiger partial charge in [-0.05, 0) is 72.9 Å². The van der Waals surface area contributed by atoms with Crippen molar-refractivity contribution in [3.05, 3.63) is 72.7 Å². The smallest absolute Gasteiger partial charge is 0.250 e. The van der Waals surface area contributed by atoms with Gasteiger partial charge in [-0.15, -0.1) is 0 Å². The zero-order chi connectivity index (χ0) is 20.9. The Hall–Kier alpha value is -3.91. The number of nitrogens with zero attached hydrogens (tertiary/aromatic N) is 1. The number of carbonyl (C=O) groups is 1. The molecule has 0 radical (unpaired) electrons. The van der Waals surface area contributed by atoms with Gasteiger partial charge in [0, 0.05) is 17.3 Å². The topological polar surface area (TPSA) is 89.5 Å². The number of hydrogen-bond donors (Lipinski definition) is 2. The number of hydrogen-bond acceptors (Lipinski definition) is 6. The fourth-order valence-electron chi connectivity index (χ4n) is 2.72. The normalized spacial score (nSPS) is 11.0. The molecule has 0 bridgehead atoms. The number of anilines is 1. The Bertz CT molecular complexity index is 1210. The van der Waals surface area contributed by atoms with Gasteiger partial charge in [-0.2, -0.15) is 0 Å². The van der Waals surface area contributed by atoms with Crippen LogP contribution in [0, 0.1) is 0 Å². The average molecular weight is 419 g/mol. The second-order valence-corrected chi connectivity index (χ2v) is 6.63. The lowest BCUT2D eigenvalue weighted by molar-refractivity contribution is -0.115. The van der Waals surface area contributed by atoms with Gasteiger partial charge in [-0.25, -0.2) is 4.98 Å². The Labute approximate surface area is 177 Å². The summed E-state index contributed by atoms with van der Waals surface area (Å²) >= 11 is 5.20. The number of aromatic nitrogens is 1. The summed E-state index contributed by atoms with van der Waals surface area (Å²) in [4.78, 5) is 16.5. The van der Waals surface area contributed by atoms with Crippen LogP contribution in [0.25, 0.3) is 28.6 Å². The highest BCUT2D eigenvalue weighted by molar-refractivity contribution is 7.80. The number of methoxy groups -OCH3 is 1. The quantitative estimate of drug-likeness (QED) is 0.360. The Kier molecular flexibility index (Phi) is 5.58. The Morgan fingerprint density at radius 3 is 2.73 bits per heavy atom. The number of fused-ring (bicyclic) bond motifs is 1. The van der Waals surface area contributed by atoms with Crippen LogP contribution < -0.4 is 15.4 Å². The summed E-state index contributed by atoms with van der Waals surface area (Å²) < 4.78 is 16.1. The van der Waals surface area contributed by atoms with Crippen LogP contribution in [0.3, 0.4) is 0 Å². The molecule has 0 aliphatic heterocycles. The second-order valence-electron chi connectivity index (χ2n) is 6.22. The van der Waals surface area contributed by atoms with Crippen molar-refractivity contribution in [1.82, 2.24) is 10.3 Å². The molecule has 0 aliphatic rings. The summed E-state index contributed by atoms with van der Waals surface area (Å²) in [6.07, 6.45) is 4.43. The Morgan fingerprint density at radius 2 is 2.00 bits per heavy atom. The van der Waals surface area contributed by atoms with E-state index in [1.54, 1.807) is 43.5 Å². The summed E-state index contributed by atoms with van der Waals surface area (Å²) in [6.45, 7) is 0. The van der Waals surface area contributed by atoms with E-state index >= 15 is 0 Å². The summed E-state index contributed by atoms with van der Waals surface area (Å²) in [6, 6.07) is 16.3. The van der Waals surface area contributed by atoms with Crippen molar-refractivity contribution in [2.75, 3.05) is 12.4 Å². The maximum Gasteiger partial charge on any atom is 0.250 e. The number of nitrogens with one attached hydrogen (secondary N) is 2. The van der Waals surface area contributed by atoms with Crippen molar-refractivity contribution < 1.29 is 18.4 Å². The van der Waals surface area contributed by atoms with Gasteiger partial charge in [0.05, 0.1) is 13.4 Å². The van der Waals surface area contributed by atoms with E-state index in [2.05, 4.69) is 15.6 Å². The largest absolute Gasteiger partial charge is 0.497 e. The molecule has 0 saturated carbocycles. The van der Waals surface area contributed by atoms with E-state index in [-0.39, 0.29) is 11.0 Å². The van der Waals surface area contributed by atoms with Gasteiger partial charge in [0.25, 0.3) is 0 Å². The molecule has 2 N–H and O–H groups in total. The molecule has 0 fully saturated rings. The Morgan fingerprint density at radius 1 is 1.17 bits per heavy atom. The lowest BCUT2D eigenvalue weighted by Crippen LogP contribution is -2.32. The molecule has 7 nitrogen and oxygen atoms in total. The summed E-state index contributed by atoms with van der Waals surface area (Å²) in [7, 11) is 1.62. The van der Waals surface area contributed by atoms with E-state index in [0.717, 1.165) is 11.3 Å². The van der Waals surface area contributed by atoms with Gasteiger partial charge in [0.15, 0.2) is 10.7 Å². The number of benzene rings is 2. The van der Waals surface area contributed by atoms with E-state index in [9.17, 15) is 4.79 Å². The van der Waals surface area contributed by atoms with Crippen molar-refractivity contribution >= 4 is 46.1 Å². The molecule has 1 amide bonds. The van der Waals surface area contributed by atoms with Crippen LogP contribution in [0.5, 0.6) is 5.75 Å². The first kappa shape index (κ1) is 19.4. The summed E-state index contributed by atoms with van der Waals surface area (Å²) in [5.74, 6) is 1.47. The number of amides is 1. The van der Waals surface area contributed by atoms with Crippen molar-refractivity contribution in [2.24, 2.45) is 0 Å². The number of oxazole rings is 1. The van der Waals surface area contributed by atoms with Crippen LogP contribution in [0.4, 0.5) is 5.69 Å². The lowest BCUT2D eigenvalue weighted by atomic mass is 10.2. The molecule has 0 saturated heterocycles. The highest BCUT2D eigenvalue weighted by atomic mass is 32.1. The molecule has 4 rings (SSSR count). The molecule has 2 heterocycles. The zero-order valence-corrected chi connectivity index (χ0v) is 16.7. The number of furan rings is 1. The minimum atomic E-state index is -0.367. The summed E-state index contributed by atoms with van der Waals surface area (Å²) in [5, 5.41) is 5.71. The molecule has 0 unspecified atom stereocenters. The second kappa shape index (κ2) is 8.62. The first-order valence-corrected chi connectivity index (χ1v) is 9.40. The van der Waals surface area contributed by atoms with Crippen molar-refractivity contribution in [2.45, 2.75) is 0 Å². The molecule has 150 valence electrons. The van der Waals surface area contributed by atoms with Gasteiger partial charge < -0.3 is 18.9 Å². The van der Waals surface area contributed by atoms with Crippen LogP contribution in [-0.2, 0) is 4.79 Å². The van der Waals surface area contributed by atoms with Crippen LogP contribution in [0.1, 0.15) is 5.76 Å². The van der Waals surface area contributed by atoms with E-state index in [0.29, 0.717) is 28.4 Å². The first-order chi connectivity index (χ1) is 14.6. The summed E-state index contributed by atoms with van der Waals surface area (Å²) in [5.41, 5.74) is 2.82. The molecular weight excluding hydrogens is 402 g/mol. The number of ether oxygens (including phenoxy) is 1. The molecule has 0 atom stereocenters. The van der Waals surface area contributed by atoms with Crippen LogP contribution in [0.15, 0.2) is 75.8 Å². The van der Waals surface area contributed by atoms with E-state index in [1.165, 1.54) is 12.3 Å². The first-order valence-electron chi connectivity index (χ1n) is 8.99. The van der Waals surface area contributed by atoms with Crippen LogP contribution in [0.2, 0.25) is 0 Å². The highest BCUT2D eigenvalue weighted by Crippen LogP contribution is 2.27. The highest BCUT2D eigenvalue weighted by Gasteiger charge is 2.10. The molecule has 30 heavy (non-hydrogen) atoms. The van der Waals surface area contributed by atoms with Gasteiger partial charge in [-0.3, -0.25) is 10.1 Å². The molecular formula is C22H17N3O4S. The van der Waals surface area contributed by atoms with Gasteiger partial charge in [-0.1, -0.05) is 0 Å². The van der Waals surface area contributed by atoms with Crippen molar-refractivity contribution in [1.29, 1.82) is 0 Å². The van der Waals surface area contributed by atoms with E-state index in [4.69, 9.17) is 25.8 Å². The minimum absolute atomic E-state index is 0.169. The number of carbonyl (C=O) groups excluding carboxylic acids is 1. The zero-order valence-electron chi connectivity index (χ0n) is 15.9. The van der Waals surface area contributed by atoms with E-state index in [1.807, 2.05) is 24.3 Å². The lowest BCUT2D eigenvalue weighted by Gasteiger charge is -2.07. The molecule has 0 spiro atoms. The third-order valence-electron chi connectivity index (χ3n) is 4.16.